The second-order valence-electron chi connectivity index (χ2n) is 6.03. The Morgan fingerprint density at radius 1 is 0.929 bits per heavy atom. The molecule has 0 radical (unpaired) electrons. The van der Waals surface area contributed by atoms with E-state index in [0.717, 1.165) is 4.90 Å². The number of rotatable bonds is 5. The third-order valence-corrected chi connectivity index (χ3v) is 4.64. The molecule has 2 aromatic rings. The Balaban J connectivity index is 1.56. The van der Waals surface area contributed by atoms with Gasteiger partial charge in [0.1, 0.15) is 0 Å². The van der Waals surface area contributed by atoms with Crippen LogP contribution in [0, 0.1) is 0 Å². The lowest BCUT2D eigenvalue weighted by Crippen LogP contribution is -2.32. The first kappa shape index (κ1) is 19.6. The zero-order valence-electron chi connectivity index (χ0n) is 14.9. The number of fused-ring (bicyclic) bond motifs is 1. The number of halogens is 1. The average Bonchev–Trinajstić information content (AvgIpc) is 2.91. The first-order chi connectivity index (χ1) is 13.4. The number of imide groups is 1. The first-order valence-corrected chi connectivity index (χ1v) is 9.22. The fourth-order valence-corrected chi connectivity index (χ4v) is 3.09. The van der Waals surface area contributed by atoms with Gasteiger partial charge in [-0.15, -0.1) is 0 Å². The van der Waals surface area contributed by atoms with E-state index in [1.165, 1.54) is 7.05 Å². The maximum absolute atomic E-state index is 12.4. The van der Waals surface area contributed by atoms with Crippen molar-refractivity contribution in [2.75, 3.05) is 24.2 Å². The van der Waals surface area contributed by atoms with Gasteiger partial charge in [-0.05, 0) is 42.5 Å². The van der Waals surface area contributed by atoms with Crippen LogP contribution in [0.1, 0.15) is 27.1 Å². The van der Waals surface area contributed by atoms with Gasteiger partial charge >= 0.3 is 6.03 Å². The third-order valence-electron chi connectivity index (χ3n) is 4.15. The zero-order chi connectivity index (χ0) is 20.3. The van der Waals surface area contributed by atoms with E-state index < -0.39 is 11.8 Å². The summed E-state index contributed by atoms with van der Waals surface area (Å²) in [4.78, 5) is 49.3. The summed E-state index contributed by atoms with van der Waals surface area (Å²) in [6, 6.07) is 11.1. The van der Waals surface area contributed by atoms with Crippen LogP contribution < -0.4 is 16.0 Å². The number of benzene rings is 2. The molecule has 5 amide bonds. The van der Waals surface area contributed by atoms with Crippen molar-refractivity contribution in [3.05, 3.63) is 58.1 Å². The first-order valence-electron chi connectivity index (χ1n) is 8.43. The van der Waals surface area contributed by atoms with Crippen molar-refractivity contribution in [1.29, 1.82) is 0 Å². The van der Waals surface area contributed by atoms with Gasteiger partial charge in [-0.2, -0.15) is 0 Å². The van der Waals surface area contributed by atoms with E-state index in [9.17, 15) is 19.2 Å². The molecular formula is C19H17BrN4O4. The molecule has 1 aliphatic rings. The van der Waals surface area contributed by atoms with Crippen LogP contribution in [-0.2, 0) is 4.79 Å². The maximum Gasteiger partial charge on any atom is 0.318 e. The highest BCUT2D eigenvalue weighted by atomic mass is 79.9. The molecule has 0 saturated heterocycles. The van der Waals surface area contributed by atoms with E-state index in [1.807, 2.05) is 0 Å². The lowest BCUT2D eigenvalue weighted by molar-refractivity contribution is -0.116. The number of carbonyl (C=O) groups excluding carboxylic acids is 4. The van der Waals surface area contributed by atoms with Crippen LogP contribution in [0.2, 0.25) is 0 Å². The molecular weight excluding hydrogens is 428 g/mol. The van der Waals surface area contributed by atoms with Crippen LogP contribution >= 0.6 is 15.9 Å². The summed E-state index contributed by atoms with van der Waals surface area (Å²) in [5.74, 6) is -1.13. The Hall–Kier alpha value is -3.20. The van der Waals surface area contributed by atoms with Gasteiger partial charge in [0.2, 0.25) is 5.91 Å². The number of nitrogens with zero attached hydrogens (tertiary/aromatic N) is 1. The number of hydrogen-bond acceptors (Lipinski definition) is 4. The molecule has 3 rings (SSSR count). The lowest BCUT2D eigenvalue weighted by atomic mass is 10.1. The molecule has 0 saturated carbocycles. The Kier molecular flexibility index (Phi) is 5.74. The van der Waals surface area contributed by atoms with Crippen molar-refractivity contribution in [2.24, 2.45) is 0 Å². The van der Waals surface area contributed by atoms with Gasteiger partial charge in [0.25, 0.3) is 11.8 Å². The number of hydrogen-bond donors (Lipinski definition) is 3. The highest BCUT2D eigenvalue weighted by Crippen LogP contribution is 2.26. The Morgan fingerprint density at radius 3 is 2.18 bits per heavy atom. The molecule has 1 aliphatic heterocycles. The Morgan fingerprint density at radius 2 is 1.54 bits per heavy atom. The summed E-state index contributed by atoms with van der Waals surface area (Å²) in [6.07, 6.45) is -0.0229. The highest BCUT2D eigenvalue weighted by Gasteiger charge is 2.35. The molecule has 0 spiro atoms. The quantitative estimate of drug-likeness (QED) is 0.616. The van der Waals surface area contributed by atoms with Crippen molar-refractivity contribution in [3.8, 4) is 0 Å². The summed E-state index contributed by atoms with van der Waals surface area (Å²) >= 11 is 3.28. The molecule has 0 bridgehead atoms. The molecule has 9 heteroatoms. The summed E-state index contributed by atoms with van der Waals surface area (Å²) in [5.41, 5.74) is 1.79. The Labute approximate surface area is 169 Å². The number of urea groups is 1. The van der Waals surface area contributed by atoms with Crippen molar-refractivity contribution in [1.82, 2.24) is 10.2 Å². The largest absolute Gasteiger partial charge is 0.341 e. The van der Waals surface area contributed by atoms with E-state index in [1.54, 1.807) is 42.5 Å². The predicted octanol–water partition coefficient (Wildman–Crippen LogP) is 2.83. The van der Waals surface area contributed by atoms with Crippen molar-refractivity contribution in [2.45, 2.75) is 6.42 Å². The van der Waals surface area contributed by atoms with Gasteiger partial charge in [0.15, 0.2) is 0 Å². The van der Waals surface area contributed by atoms with Crippen LogP contribution in [0.5, 0.6) is 0 Å². The zero-order valence-corrected chi connectivity index (χ0v) is 16.5. The van der Waals surface area contributed by atoms with Gasteiger partial charge < -0.3 is 16.0 Å². The van der Waals surface area contributed by atoms with Gasteiger partial charge in [0, 0.05) is 35.9 Å². The topological polar surface area (TPSA) is 108 Å². The normalized spacial score (nSPS) is 12.6. The fourth-order valence-electron chi connectivity index (χ4n) is 2.73. The highest BCUT2D eigenvalue weighted by molar-refractivity contribution is 9.10. The molecule has 0 aliphatic carbocycles. The summed E-state index contributed by atoms with van der Waals surface area (Å²) in [7, 11) is 1.51. The average molecular weight is 445 g/mol. The molecule has 3 N–H and O–H groups in total. The predicted molar refractivity (Wildman–Crippen MR) is 107 cm³/mol. The molecule has 0 aromatic heterocycles. The van der Waals surface area contributed by atoms with E-state index >= 15 is 0 Å². The van der Waals surface area contributed by atoms with E-state index in [0.29, 0.717) is 27.0 Å². The molecule has 2 aromatic carbocycles. The maximum atomic E-state index is 12.4. The summed E-state index contributed by atoms with van der Waals surface area (Å²) < 4.78 is 0.710. The van der Waals surface area contributed by atoms with E-state index in [-0.39, 0.29) is 24.9 Å². The van der Waals surface area contributed by atoms with Gasteiger partial charge in [-0.1, -0.05) is 15.9 Å². The lowest BCUT2D eigenvalue weighted by Gasteiger charge is -2.13. The minimum atomic E-state index is -0.404. The van der Waals surface area contributed by atoms with Gasteiger partial charge in [-0.3, -0.25) is 19.3 Å². The summed E-state index contributed by atoms with van der Waals surface area (Å²) in [5, 5.41) is 7.74. The monoisotopic (exact) mass is 444 g/mol. The molecule has 28 heavy (non-hydrogen) atoms. The number of anilines is 2. The number of amides is 5. The van der Waals surface area contributed by atoms with Crippen molar-refractivity contribution < 1.29 is 19.2 Å². The van der Waals surface area contributed by atoms with Gasteiger partial charge in [-0.25, -0.2) is 4.79 Å². The molecule has 0 unspecified atom stereocenters. The number of carbonyl (C=O) groups is 4. The van der Waals surface area contributed by atoms with Gasteiger partial charge in [0.05, 0.1) is 11.1 Å². The second-order valence-corrected chi connectivity index (χ2v) is 6.95. The van der Waals surface area contributed by atoms with Crippen LogP contribution in [0.4, 0.5) is 16.2 Å². The SMILES string of the molecule is CNC(=O)Nc1ccc(NC(=O)CCN2C(=O)c3ccc(Br)cc3C2=O)cc1. The van der Waals surface area contributed by atoms with Crippen LogP contribution in [0.15, 0.2) is 46.9 Å². The van der Waals surface area contributed by atoms with E-state index in [4.69, 9.17) is 0 Å². The summed E-state index contributed by atoms with van der Waals surface area (Å²) in [6.45, 7) is -0.00783. The molecule has 144 valence electrons. The van der Waals surface area contributed by atoms with Crippen LogP contribution in [-0.4, -0.2) is 42.2 Å². The number of nitrogens with one attached hydrogen (secondary N) is 3. The minimum absolute atomic E-state index is 0.00783. The molecule has 8 nitrogen and oxygen atoms in total. The minimum Gasteiger partial charge on any atom is -0.341 e. The molecule has 1 heterocycles. The molecule has 0 atom stereocenters. The standard InChI is InChI=1S/C19H17BrN4O4/c1-21-19(28)23-13-5-3-12(4-6-13)22-16(25)8-9-24-17(26)14-7-2-11(20)10-15(14)18(24)27/h2-7,10H,8-9H2,1H3,(H,22,25)(H2,21,23,28). The van der Waals surface area contributed by atoms with E-state index in [2.05, 4.69) is 31.9 Å². The fraction of sp³-hybridized carbons (Fsp3) is 0.158. The second kappa shape index (κ2) is 8.22. The third kappa shape index (κ3) is 4.20. The van der Waals surface area contributed by atoms with Crippen molar-refractivity contribution in [3.63, 3.8) is 0 Å². The molecule has 0 fully saturated rings. The smallest absolute Gasteiger partial charge is 0.318 e. The van der Waals surface area contributed by atoms with Crippen LogP contribution in [0.25, 0.3) is 0 Å². The van der Waals surface area contributed by atoms with Crippen LogP contribution in [0.3, 0.4) is 0 Å². The Bertz CT molecular complexity index is 959. The van der Waals surface area contributed by atoms with Crippen molar-refractivity contribution >= 4 is 51.1 Å².